The topological polar surface area (TPSA) is 78.1 Å². The Balaban J connectivity index is 1.91. The zero-order chi connectivity index (χ0) is 20.3. The number of benzene rings is 2. The van der Waals surface area contributed by atoms with E-state index in [-0.39, 0.29) is 11.3 Å². The number of hydrogen-bond donors (Lipinski definition) is 2. The molecule has 3 rings (SSSR count). The first-order valence-corrected chi connectivity index (χ1v) is 8.94. The monoisotopic (exact) mass is 391 g/mol. The fourth-order valence-electron chi connectivity index (χ4n) is 2.97. The lowest BCUT2D eigenvalue weighted by Crippen LogP contribution is -2.13. The molecule has 0 aliphatic carbocycles. The molecule has 2 N–H and O–H groups in total. The lowest BCUT2D eigenvalue weighted by Gasteiger charge is -2.09. The number of carbonyl (C=O) groups excluding carboxylic acids is 1. The fourth-order valence-corrected chi connectivity index (χ4v) is 3.09. The average Bonchev–Trinajstić information content (AvgIpc) is 2.95. The Kier molecular flexibility index (Phi) is 5.53. The highest BCUT2D eigenvalue weighted by atomic mass is 35.5. The normalized spacial score (nSPS) is 11.1. The van der Waals surface area contributed by atoms with Crippen LogP contribution in [-0.2, 0) is 4.79 Å². The van der Waals surface area contributed by atoms with Crippen LogP contribution in [0, 0.1) is 25.2 Å². The van der Waals surface area contributed by atoms with E-state index in [2.05, 4.69) is 5.32 Å². The van der Waals surface area contributed by atoms with Gasteiger partial charge in [-0.05, 0) is 80.1 Å². The standard InChI is InChI=1S/C22H18ClN3O2/c1-14-11-16(15(2)26(14)20-7-3-18(23)4-8-20)12-17(13-24)22(28)25-19-5-9-21(27)10-6-19/h3-12,27H,1-2H3,(H,25,28). The Morgan fingerprint density at radius 1 is 1.14 bits per heavy atom. The molecule has 0 aliphatic heterocycles. The highest BCUT2D eigenvalue weighted by molar-refractivity contribution is 6.30. The van der Waals surface area contributed by atoms with Crippen LogP contribution in [0.25, 0.3) is 11.8 Å². The highest BCUT2D eigenvalue weighted by Crippen LogP contribution is 2.24. The molecule has 3 aromatic rings. The maximum Gasteiger partial charge on any atom is 0.266 e. The minimum Gasteiger partial charge on any atom is -0.508 e. The van der Waals surface area contributed by atoms with Crippen molar-refractivity contribution in [1.82, 2.24) is 4.57 Å². The van der Waals surface area contributed by atoms with Crippen molar-refractivity contribution in [3.05, 3.63) is 82.1 Å². The van der Waals surface area contributed by atoms with E-state index < -0.39 is 5.91 Å². The van der Waals surface area contributed by atoms with E-state index >= 15 is 0 Å². The first-order valence-electron chi connectivity index (χ1n) is 8.56. The van der Waals surface area contributed by atoms with Crippen LogP contribution in [0.3, 0.4) is 0 Å². The number of phenolic OH excluding ortho intramolecular Hbond substituents is 1. The summed E-state index contributed by atoms with van der Waals surface area (Å²) in [7, 11) is 0. The Bertz CT molecular complexity index is 1090. The summed E-state index contributed by atoms with van der Waals surface area (Å²) in [6, 6.07) is 17.4. The summed E-state index contributed by atoms with van der Waals surface area (Å²) in [4.78, 5) is 12.5. The van der Waals surface area contributed by atoms with Crippen LogP contribution < -0.4 is 5.32 Å². The molecule has 0 saturated heterocycles. The molecule has 1 amide bonds. The van der Waals surface area contributed by atoms with Gasteiger partial charge in [0.05, 0.1) is 0 Å². The number of rotatable bonds is 4. The summed E-state index contributed by atoms with van der Waals surface area (Å²) in [5.41, 5.74) is 4.10. The Morgan fingerprint density at radius 3 is 2.39 bits per heavy atom. The quantitative estimate of drug-likeness (QED) is 0.373. The number of anilines is 1. The molecule has 0 saturated carbocycles. The van der Waals surface area contributed by atoms with Gasteiger partial charge in [-0.2, -0.15) is 5.26 Å². The second-order valence-corrected chi connectivity index (χ2v) is 6.75. The molecular weight excluding hydrogens is 374 g/mol. The summed E-state index contributed by atoms with van der Waals surface area (Å²) in [6.45, 7) is 3.89. The van der Waals surface area contributed by atoms with Crippen molar-refractivity contribution >= 4 is 29.3 Å². The molecule has 0 aliphatic rings. The smallest absolute Gasteiger partial charge is 0.266 e. The number of amides is 1. The summed E-state index contributed by atoms with van der Waals surface area (Å²) < 4.78 is 2.04. The van der Waals surface area contributed by atoms with Gasteiger partial charge in [0, 0.05) is 27.8 Å². The molecule has 140 valence electrons. The summed E-state index contributed by atoms with van der Waals surface area (Å²) in [6.07, 6.45) is 1.57. The molecule has 28 heavy (non-hydrogen) atoms. The molecule has 1 aromatic heterocycles. The Morgan fingerprint density at radius 2 is 1.79 bits per heavy atom. The van der Waals surface area contributed by atoms with Crippen LogP contribution in [0.4, 0.5) is 5.69 Å². The number of nitriles is 1. The Hall–Kier alpha value is -3.49. The van der Waals surface area contributed by atoms with Crippen LogP contribution >= 0.6 is 11.6 Å². The van der Waals surface area contributed by atoms with Gasteiger partial charge in [-0.15, -0.1) is 0 Å². The number of carbonyl (C=O) groups is 1. The number of aromatic nitrogens is 1. The van der Waals surface area contributed by atoms with E-state index in [0.29, 0.717) is 10.7 Å². The molecule has 6 heteroatoms. The summed E-state index contributed by atoms with van der Waals surface area (Å²) in [5, 5.41) is 22.1. The van der Waals surface area contributed by atoms with Crippen LogP contribution in [-0.4, -0.2) is 15.6 Å². The van der Waals surface area contributed by atoms with Crippen molar-refractivity contribution in [2.24, 2.45) is 0 Å². The molecule has 0 bridgehead atoms. The molecule has 0 fully saturated rings. The molecule has 0 unspecified atom stereocenters. The van der Waals surface area contributed by atoms with E-state index in [4.69, 9.17) is 11.6 Å². The number of hydrogen-bond acceptors (Lipinski definition) is 3. The van der Waals surface area contributed by atoms with Crippen LogP contribution in [0.2, 0.25) is 5.02 Å². The minimum atomic E-state index is -0.510. The lowest BCUT2D eigenvalue weighted by atomic mass is 10.1. The van der Waals surface area contributed by atoms with Crippen LogP contribution in [0.1, 0.15) is 17.0 Å². The maximum absolute atomic E-state index is 12.5. The third kappa shape index (κ3) is 4.08. The number of nitrogens with zero attached hydrogens (tertiary/aromatic N) is 2. The fraction of sp³-hybridized carbons (Fsp3) is 0.0909. The number of aromatic hydroxyl groups is 1. The number of nitrogens with one attached hydrogen (secondary N) is 1. The Labute approximate surface area is 168 Å². The number of phenols is 1. The number of aryl methyl sites for hydroxylation is 1. The van der Waals surface area contributed by atoms with Gasteiger partial charge in [-0.25, -0.2) is 0 Å². The van der Waals surface area contributed by atoms with E-state index in [1.54, 1.807) is 18.2 Å². The molecular formula is C22H18ClN3O2. The van der Waals surface area contributed by atoms with Crippen molar-refractivity contribution in [3.63, 3.8) is 0 Å². The van der Waals surface area contributed by atoms with Gasteiger partial charge in [-0.1, -0.05) is 11.6 Å². The first kappa shape index (κ1) is 19.3. The van der Waals surface area contributed by atoms with Gasteiger partial charge < -0.3 is 15.0 Å². The highest BCUT2D eigenvalue weighted by Gasteiger charge is 2.14. The van der Waals surface area contributed by atoms with E-state index in [1.165, 1.54) is 12.1 Å². The second kappa shape index (κ2) is 8.03. The van der Waals surface area contributed by atoms with Gasteiger partial charge in [-0.3, -0.25) is 4.79 Å². The third-order valence-corrected chi connectivity index (χ3v) is 4.60. The maximum atomic E-state index is 12.5. The summed E-state index contributed by atoms with van der Waals surface area (Å²) in [5.74, 6) is -0.409. The molecule has 0 radical (unpaired) electrons. The lowest BCUT2D eigenvalue weighted by molar-refractivity contribution is -0.112. The van der Waals surface area contributed by atoms with Gasteiger partial charge in [0.15, 0.2) is 0 Å². The first-order chi connectivity index (χ1) is 13.4. The number of halogens is 1. The third-order valence-electron chi connectivity index (χ3n) is 4.35. The van der Waals surface area contributed by atoms with Crippen LogP contribution in [0.15, 0.2) is 60.2 Å². The molecule has 1 heterocycles. The second-order valence-electron chi connectivity index (χ2n) is 6.31. The van der Waals surface area contributed by atoms with Crippen molar-refractivity contribution in [1.29, 1.82) is 5.26 Å². The van der Waals surface area contributed by atoms with Crippen molar-refractivity contribution < 1.29 is 9.90 Å². The SMILES string of the molecule is Cc1cc(C=C(C#N)C(=O)Nc2ccc(O)cc2)c(C)n1-c1ccc(Cl)cc1. The minimum absolute atomic E-state index is 0.00979. The molecule has 0 spiro atoms. The average molecular weight is 392 g/mol. The largest absolute Gasteiger partial charge is 0.508 e. The van der Waals surface area contributed by atoms with E-state index in [1.807, 2.05) is 54.8 Å². The van der Waals surface area contributed by atoms with Gasteiger partial charge >= 0.3 is 0 Å². The zero-order valence-corrected chi connectivity index (χ0v) is 16.2. The van der Waals surface area contributed by atoms with Gasteiger partial charge in [0.25, 0.3) is 5.91 Å². The zero-order valence-electron chi connectivity index (χ0n) is 15.4. The van der Waals surface area contributed by atoms with Crippen LogP contribution in [0.5, 0.6) is 5.75 Å². The molecule has 2 aromatic carbocycles. The van der Waals surface area contributed by atoms with E-state index in [0.717, 1.165) is 22.6 Å². The van der Waals surface area contributed by atoms with E-state index in [9.17, 15) is 15.2 Å². The van der Waals surface area contributed by atoms with Gasteiger partial charge in [0.2, 0.25) is 0 Å². The summed E-state index contributed by atoms with van der Waals surface area (Å²) >= 11 is 5.97. The molecule has 5 nitrogen and oxygen atoms in total. The molecule has 0 atom stereocenters. The van der Waals surface area contributed by atoms with Gasteiger partial charge in [0.1, 0.15) is 17.4 Å². The predicted molar refractivity (Wildman–Crippen MR) is 111 cm³/mol. The van der Waals surface area contributed by atoms with Crippen molar-refractivity contribution in [2.75, 3.05) is 5.32 Å². The van der Waals surface area contributed by atoms with Crippen molar-refractivity contribution in [3.8, 4) is 17.5 Å². The van der Waals surface area contributed by atoms with Crippen molar-refractivity contribution in [2.45, 2.75) is 13.8 Å². The predicted octanol–water partition coefficient (Wildman–Crippen LogP) is 5.00.